The van der Waals surface area contributed by atoms with Crippen molar-refractivity contribution in [2.24, 2.45) is 5.73 Å². The fourth-order valence-electron chi connectivity index (χ4n) is 7.84. The molecule has 0 heterocycles. The molecule has 2 unspecified atom stereocenters. The van der Waals surface area contributed by atoms with Crippen molar-refractivity contribution in [1.82, 2.24) is 0 Å². The second-order valence-corrected chi connectivity index (χ2v) is 19.6. The molecule has 9 nitrogen and oxygen atoms in total. The molecule has 372 valence electrons. The lowest BCUT2D eigenvalue weighted by Gasteiger charge is -2.19. The lowest BCUT2D eigenvalue weighted by atomic mass is 10.0. The number of allylic oxidation sites excluding steroid dienone is 4. The minimum Gasteiger partial charge on any atom is -0.462 e. The van der Waals surface area contributed by atoms with Gasteiger partial charge in [0.05, 0.1) is 13.2 Å². The van der Waals surface area contributed by atoms with Crippen LogP contribution >= 0.6 is 7.82 Å². The number of carbonyl (C=O) groups excluding carboxylic acids is 2. The van der Waals surface area contributed by atoms with E-state index in [-0.39, 0.29) is 38.6 Å². The molecule has 0 saturated heterocycles. The van der Waals surface area contributed by atoms with Gasteiger partial charge in [0.15, 0.2) is 6.10 Å². The number of hydrogen-bond acceptors (Lipinski definition) is 8. The molecule has 0 aromatic heterocycles. The van der Waals surface area contributed by atoms with Crippen molar-refractivity contribution in [2.45, 2.75) is 277 Å². The zero-order chi connectivity index (χ0) is 46.0. The Bertz CT molecular complexity index is 1090. The van der Waals surface area contributed by atoms with Gasteiger partial charge < -0.3 is 20.1 Å². The molecule has 3 N–H and O–H groups in total. The van der Waals surface area contributed by atoms with Crippen molar-refractivity contribution in [1.29, 1.82) is 0 Å². The standard InChI is InChI=1S/C53H102NO8P/c1-3-5-7-9-11-13-15-17-19-21-22-23-24-25-26-27-28-30-32-34-36-38-40-42-44-46-53(56)62-51(50-61-63(57,58)60-48-47-54)49-59-52(55)45-43-41-39-37-35-33-31-29-20-18-16-14-12-10-8-6-4-2/h15,17,21-22,51H,3-14,16,18-20,23-50,54H2,1-2H3,(H,57,58)/b17-15-,22-21-. The molecule has 0 radical (unpaired) electrons. The van der Waals surface area contributed by atoms with Crippen LogP contribution in [0.15, 0.2) is 24.3 Å². The van der Waals surface area contributed by atoms with Crippen LogP contribution in [-0.2, 0) is 32.7 Å². The molecule has 0 bridgehead atoms. The van der Waals surface area contributed by atoms with E-state index in [1.807, 2.05) is 0 Å². The van der Waals surface area contributed by atoms with Crippen LogP contribution < -0.4 is 5.73 Å². The van der Waals surface area contributed by atoms with E-state index in [0.29, 0.717) is 6.42 Å². The van der Waals surface area contributed by atoms with Gasteiger partial charge in [-0.3, -0.25) is 18.6 Å². The van der Waals surface area contributed by atoms with E-state index in [2.05, 4.69) is 38.2 Å². The fraction of sp³-hybridized carbons (Fsp3) is 0.887. The summed E-state index contributed by atoms with van der Waals surface area (Å²) in [4.78, 5) is 35.1. The van der Waals surface area contributed by atoms with Crippen LogP contribution in [0.3, 0.4) is 0 Å². The Morgan fingerprint density at radius 1 is 0.476 bits per heavy atom. The zero-order valence-electron chi connectivity index (χ0n) is 41.3. The molecule has 0 rings (SSSR count). The Morgan fingerprint density at radius 3 is 1.21 bits per heavy atom. The second-order valence-electron chi connectivity index (χ2n) is 18.1. The first kappa shape index (κ1) is 61.5. The Morgan fingerprint density at radius 2 is 0.825 bits per heavy atom. The molecule has 0 amide bonds. The highest BCUT2D eigenvalue weighted by atomic mass is 31.2. The summed E-state index contributed by atoms with van der Waals surface area (Å²) in [6, 6.07) is 0. The van der Waals surface area contributed by atoms with Gasteiger partial charge in [-0.1, -0.05) is 237 Å². The number of hydrogen-bond donors (Lipinski definition) is 2. The number of unbranched alkanes of at least 4 members (excludes halogenated alkanes) is 34. The van der Waals surface area contributed by atoms with Gasteiger partial charge in [0, 0.05) is 19.4 Å². The predicted molar refractivity (Wildman–Crippen MR) is 266 cm³/mol. The van der Waals surface area contributed by atoms with Gasteiger partial charge in [-0.25, -0.2) is 4.57 Å². The van der Waals surface area contributed by atoms with E-state index in [1.54, 1.807) is 0 Å². The molecule has 0 aromatic rings. The van der Waals surface area contributed by atoms with E-state index in [0.717, 1.165) is 44.9 Å². The maximum absolute atomic E-state index is 12.7. The average Bonchev–Trinajstić information content (AvgIpc) is 3.27. The molecular weight excluding hydrogens is 810 g/mol. The van der Waals surface area contributed by atoms with Gasteiger partial charge in [0.1, 0.15) is 6.61 Å². The molecule has 10 heteroatoms. The molecule has 0 aliphatic carbocycles. The van der Waals surface area contributed by atoms with Crippen LogP contribution in [-0.4, -0.2) is 49.3 Å². The molecule has 0 saturated carbocycles. The SMILES string of the molecule is CCCCCCC/C=C\C/C=C\CCCCCCCCCCCCCCCC(=O)OC(COC(=O)CCCCCCCCCCCCCCCCCCC)COP(=O)(O)OCCN. The highest BCUT2D eigenvalue weighted by Crippen LogP contribution is 2.43. The highest BCUT2D eigenvalue weighted by molar-refractivity contribution is 7.47. The van der Waals surface area contributed by atoms with Gasteiger partial charge in [0.25, 0.3) is 0 Å². The summed E-state index contributed by atoms with van der Waals surface area (Å²) in [5.41, 5.74) is 5.37. The van der Waals surface area contributed by atoms with Gasteiger partial charge in [-0.15, -0.1) is 0 Å². The molecule has 0 fully saturated rings. The lowest BCUT2D eigenvalue weighted by Crippen LogP contribution is -2.29. The van der Waals surface area contributed by atoms with Crippen LogP contribution in [0, 0.1) is 0 Å². The van der Waals surface area contributed by atoms with E-state index in [4.69, 9.17) is 24.3 Å². The number of rotatable bonds is 51. The molecule has 0 aliphatic rings. The van der Waals surface area contributed by atoms with Crippen LogP contribution in [0.1, 0.15) is 271 Å². The number of carbonyl (C=O) groups is 2. The molecule has 2 atom stereocenters. The Balaban J connectivity index is 3.97. The van der Waals surface area contributed by atoms with Gasteiger partial charge in [-0.2, -0.15) is 0 Å². The van der Waals surface area contributed by atoms with Gasteiger partial charge in [-0.05, 0) is 44.9 Å². The smallest absolute Gasteiger partial charge is 0.462 e. The third kappa shape index (κ3) is 49.8. The maximum Gasteiger partial charge on any atom is 0.472 e. The highest BCUT2D eigenvalue weighted by Gasteiger charge is 2.26. The van der Waals surface area contributed by atoms with E-state index < -0.39 is 26.5 Å². The summed E-state index contributed by atoms with van der Waals surface area (Å²) in [5.74, 6) is -0.813. The van der Waals surface area contributed by atoms with Crippen molar-refractivity contribution in [3.8, 4) is 0 Å². The Kier molecular flexibility index (Phi) is 48.7. The number of esters is 2. The maximum atomic E-state index is 12.7. The monoisotopic (exact) mass is 912 g/mol. The van der Waals surface area contributed by atoms with Crippen LogP contribution in [0.4, 0.5) is 0 Å². The third-order valence-corrected chi connectivity index (χ3v) is 12.8. The first-order valence-electron chi connectivity index (χ1n) is 26.8. The summed E-state index contributed by atoms with van der Waals surface area (Å²) in [6.07, 6.45) is 56.5. The number of ether oxygens (including phenoxy) is 2. The molecule has 0 spiro atoms. The van der Waals surface area contributed by atoms with E-state index in [1.165, 1.54) is 193 Å². The average molecular weight is 912 g/mol. The number of phosphoric acid groups is 1. The quantitative estimate of drug-likeness (QED) is 0.0265. The minimum atomic E-state index is -4.38. The van der Waals surface area contributed by atoms with Crippen molar-refractivity contribution in [3.05, 3.63) is 24.3 Å². The zero-order valence-corrected chi connectivity index (χ0v) is 42.2. The van der Waals surface area contributed by atoms with Crippen molar-refractivity contribution < 1.29 is 37.6 Å². The van der Waals surface area contributed by atoms with Gasteiger partial charge in [0.2, 0.25) is 0 Å². The summed E-state index contributed by atoms with van der Waals surface area (Å²) in [5, 5.41) is 0. The van der Waals surface area contributed by atoms with Crippen molar-refractivity contribution in [3.63, 3.8) is 0 Å². The summed E-state index contributed by atoms with van der Waals surface area (Å²) < 4.78 is 33.0. The van der Waals surface area contributed by atoms with E-state index >= 15 is 0 Å². The topological polar surface area (TPSA) is 134 Å². The molecule has 0 aliphatic heterocycles. The number of phosphoric ester groups is 1. The van der Waals surface area contributed by atoms with Crippen LogP contribution in [0.25, 0.3) is 0 Å². The first-order valence-corrected chi connectivity index (χ1v) is 28.3. The Labute approximate surface area is 389 Å². The molecule has 0 aromatic carbocycles. The van der Waals surface area contributed by atoms with Crippen LogP contribution in [0.2, 0.25) is 0 Å². The molecule has 63 heavy (non-hydrogen) atoms. The lowest BCUT2D eigenvalue weighted by molar-refractivity contribution is -0.161. The second kappa shape index (κ2) is 49.9. The summed E-state index contributed by atoms with van der Waals surface area (Å²) >= 11 is 0. The largest absolute Gasteiger partial charge is 0.472 e. The Hall–Kier alpha value is -1.51. The first-order chi connectivity index (χ1) is 30.8. The summed E-state index contributed by atoms with van der Waals surface area (Å²) in [6.45, 7) is 3.78. The predicted octanol–water partition coefficient (Wildman–Crippen LogP) is 16.3. The van der Waals surface area contributed by atoms with Crippen molar-refractivity contribution >= 4 is 19.8 Å². The number of nitrogens with two attached hydrogens (primary N) is 1. The van der Waals surface area contributed by atoms with E-state index in [9.17, 15) is 19.0 Å². The fourth-order valence-corrected chi connectivity index (χ4v) is 8.61. The molecular formula is C53H102NO8P. The van der Waals surface area contributed by atoms with Gasteiger partial charge >= 0.3 is 19.8 Å². The summed E-state index contributed by atoms with van der Waals surface area (Å²) in [7, 11) is -4.38. The minimum absolute atomic E-state index is 0.0557. The normalized spacial score (nSPS) is 13.3. The van der Waals surface area contributed by atoms with Crippen LogP contribution in [0.5, 0.6) is 0 Å². The third-order valence-electron chi connectivity index (χ3n) is 11.8. The van der Waals surface area contributed by atoms with Crippen molar-refractivity contribution in [2.75, 3.05) is 26.4 Å².